The molecule has 0 unspecified atom stereocenters. The zero-order chi connectivity index (χ0) is 15.6. The molecule has 0 aliphatic carbocycles. The van der Waals surface area contributed by atoms with Crippen molar-refractivity contribution in [2.24, 2.45) is 0 Å². The second-order valence-corrected chi connectivity index (χ2v) is 7.36. The normalized spacial score (nSPS) is 11.8. The van der Waals surface area contributed by atoms with E-state index in [-0.39, 0.29) is 16.5 Å². The highest BCUT2D eigenvalue weighted by molar-refractivity contribution is 7.89. The van der Waals surface area contributed by atoms with Gasteiger partial charge in [-0.05, 0) is 30.7 Å². The molecule has 21 heavy (non-hydrogen) atoms. The first-order valence-electron chi connectivity index (χ1n) is 6.37. The van der Waals surface area contributed by atoms with E-state index in [4.69, 9.17) is 17.3 Å². The predicted octanol–water partition coefficient (Wildman–Crippen LogP) is 3.05. The van der Waals surface area contributed by atoms with Gasteiger partial charge in [0.1, 0.15) is 4.90 Å². The van der Waals surface area contributed by atoms with Gasteiger partial charge in [0.2, 0.25) is 10.0 Å². The van der Waals surface area contributed by atoms with E-state index in [9.17, 15) is 8.42 Å². The highest BCUT2D eigenvalue weighted by atomic mass is 35.5. The monoisotopic (exact) mass is 324 g/mol. The van der Waals surface area contributed by atoms with Crippen molar-refractivity contribution in [2.45, 2.75) is 18.4 Å². The molecule has 2 aromatic carbocycles. The van der Waals surface area contributed by atoms with Gasteiger partial charge in [-0.1, -0.05) is 41.4 Å². The molecule has 0 heterocycles. The molecule has 112 valence electrons. The lowest BCUT2D eigenvalue weighted by Crippen LogP contribution is -2.26. The molecule has 0 aliphatic rings. The molecule has 2 rings (SSSR count). The van der Waals surface area contributed by atoms with Crippen LogP contribution >= 0.6 is 11.6 Å². The lowest BCUT2D eigenvalue weighted by atomic mass is 10.1. The Morgan fingerprint density at radius 1 is 1.19 bits per heavy atom. The predicted molar refractivity (Wildman–Crippen MR) is 85.7 cm³/mol. The van der Waals surface area contributed by atoms with Crippen LogP contribution in [-0.2, 0) is 16.6 Å². The van der Waals surface area contributed by atoms with Crippen LogP contribution in [0.1, 0.15) is 11.1 Å². The number of hydrogen-bond acceptors (Lipinski definition) is 3. The lowest BCUT2D eigenvalue weighted by Gasteiger charge is -2.18. The fraction of sp³-hybridized carbons (Fsp3) is 0.200. The Balaban J connectivity index is 2.33. The molecular formula is C15H17ClN2O2S. The van der Waals surface area contributed by atoms with Crippen molar-refractivity contribution < 1.29 is 8.42 Å². The first-order valence-corrected chi connectivity index (χ1v) is 8.19. The quantitative estimate of drug-likeness (QED) is 0.879. The molecule has 6 heteroatoms. The summed E-state index contributed by atoms with van der Waals surface area (Å²) in [6.45, 7) is 2.24. The van der Waals surface area contributed by atoms with E-state index in [1.807, 2.05) is 31.2 Å². The van der Waals surface area contributed by atoms with Crippen molar-refractivity contribution in [2.75, 3.05) is 12.8 Å². The smallest absolute Gasteiger partial charge is 0.244 e. The van der Waals surface area contributed by atoms with Crippen molar-refractivity contribution >= 4 is 27.3 Å². The molecule has 4 nitrogen and oxygen atoms in total. The zero-order valence-corrected chi connectivity index (χ0v) is 13.4. The fourth-order valence-electron chi connectivity index (χ4n) is 2.04. The van der Waals surface area contributed by atoms with E-state index >= 15 is 0 Å². The molecule has 2 aromatic rings. The molecule has 0 spiro atoms. The van der Waals surface area contributed by atoms with Crippen molar-refractivity contribution in [3.05, 3.63) is 58.6 Å². The summed E-state index contributed by atoms with van der Waals surface area (Å²) in [7, 11) is -2.16. The number of rotatable bonds is 4. The number of halogens is 1. The maximum Gasteiger partial charge on any atom is 0.244 e. The van der Waals surface area contributed by atoms with E-state index in [1.54, 1.807) is 6.07 Å². The van der Waals surface area contributed by atoms with Crippen LogP contribution in [0.25, 0.3) is 0 Å². The number of aryl methyl sites for hydroxylation is 1. The third-order valence-electron chi connectivity index (χ3n) is 3.13. The summed E-state index contributed by atoms with van der Waals surface area (Å²) in [4.78, 5) is 0.0271. The van der Waals surface area contributed by atoms with E-state index < -0.39 is 10.0 Å². The van der Waals surface area contributed by atoms with Crippen LogP contribution in [0.4, 0.5) is 5.69 Å². The maximum absolute atomic E-state index is 12.6. The molecule has 0 saturated carbocycles. The average Bonchev–Trinajstić information content (AvgIpc) is 2.41. The Morgan fingerprint density at radius 3 is 2.57 bits per heavy atom. The number of sulfonamides is 1. The standard InChI is InChI=1S/C15H17ClN2O2S/c1-11-4-3-5-12(8-11)10-18(2)21(19,20)15-9-13(17)6-7-14(15)16/h3-9H,10,17H2,1-2H3. The van der Waals surface area contributed by atoms with E-state index in [1.165, 1.54) is 23.5 Å². The summed E-state index contributed by atoms with van der Waals surface area (Å²) >= 11 is 5.99. The van der Waals surface area contributed by atoms with Crippen molar-refractivity contribution in [3.8, 4) is 0 Å². The number of anilines is 1. The summed E-state index contributed by atoms with van der Waals surface area (Å²) in [5.41, 5.74) is 8.02. The van der Waals surface area contributed by atoms with E-state index in [2.05, 4.69) is 0 Å². The number of hydrogen-bond donors (Lipinski definition) is 1. The Hall–Kier alpha value is -1.56. The summed E-state index contributed by atoms with van der Waals surface area (Å²) in [6.07, 6.45) is 0. The number of nitrogens with zero attached hydrogens (tertiary/aromatic N) is 1. The second kappa shape index (κ2) is 6.05. The molecule has 0 atom stereocenters. The molecule has 0 aliphatic heterocycles. The van der Waals surface area contributed by atoms with E-state index in [0.717, 1.165) is 11.1 Å². The van der Waals surface area contributed by atoms with Crippen molar-refractivity contribution in [1.82, 2.24) is 4.31 Å². The number of nitrogen functional groups attached to an aromatic ring is 1. The van der Waals surface area contributed by atoms with Crippen LogP contribution in [0.2, 0.25) is 5.02 Å². The molecule has 0 saturated heterocycles. The molecule has 2 N–H and O–H groups in total. The van der Waals surface area contributed by atoms with Gasteiger partial charge < -0.3 is 5.73 Å². The number of nitrogens with two attached hydrogens (primary N) is 1. The largest absolute Gasteiger partial charge is 0.399 e. The lowest BCUT2D eigenvalue weighted by molar-refractivity contribution is 0.466. The molecule has 0 radical (unpaired) electrons. The van der Waals surface area contributed by atoms with Crippen LogP contribution < -0.4 is 5.73 Å². The van der Waals surface area contributed by atoms with Gasteiger partial charge in [0, 0.05) is 19.3 Å². The van der Waals surface area contributed by atoms with Gasteiger partial charge in [0.15, 0.2) is 0 Å². The van der Waals surface area contributed by atoms with Crippen LogP contribution in [0.15, 0.2) is 47.4 Å². The second-order valence-electron chi connectivity index (χ2n) is 4.94. The highest BCUT2D eigenvalue weighted by Crippen LogP contribution is 2.27. The van der Waals surface area contributed by atoms with Crippen LogP contribution in [0.5, 0.6) is 0 Å². The Kier molecular flexibility index (Phi) is 4.56. The van der Waals surface area contributed by atoms with Crippen LogP contribution in [-0.4, -0.2) is 19.8 Å². The SMILES string of the molecule is Cc1cccc(CN(C)S(=O)(=O)c2cc(N)ccc2Cl)c1. The van der Waals surface area contributed by atoms with Gasteiger partial charge in [-0.2, -0.15) is 4.31 Å². The average molecular weight is 325 g/mol. The minimum atomic E-state index is -3.68. The first kappa shape index (κ1) is 15.8. The minimum absolute atomic E-state index is 0.0271. The van der Waals surface area contributed by atoms with Crippen LogP contribution in [0, 0.1) is 6.92 Å². The Labute approximate surface area is 130 Å². The van der Waals surface area contributed by atoms with Gasteiger partial charge in [-0.3, -0.25) is 0 Å². The fourth-order valence-corrected chi connectivity index (χ4v) is 3.70. The molecular weight excluding hydrogens is 308 g/mol. The minimum Gasteiger partial charge on any atom is -0.399 e. The van der Waals surface area contributed by atoms with Crippen molar-refractivity contribution in [1.29, 1.82) is 0 Å². The molecule has 0 aromatic heterocycles. The summed E-state index contributed by atoms with van der Waals surface area (Å²) in [5.74, 6) is 0. The Bertz CT molecular complexity index is 760. The van der Waals surface area contributed by atoms with Gasteiger partial charge in [0.25, 0.3) is 0 Å². The Morgan fingerprint density at radius 2 is 1.90 bits per heavy atom. The molecule has 0 bridgehead atoms. The summed E-state index contributed by atoms with van der Waals surface area (Å²) in [6, 6.07) is 12.1. The van der Waals surface area contributed by atoms with Gasteiger partial charge in [-0.25, -0.2) is 8.42 Å². The van der Waals surface area contributed by atoms with Gasteiger partial charge in [0.05, 0.1) is 5.02 Å². The highest BCUT2D eigenvalue weighted by Gasteiger charge is 2.24. The zero-order valence-electron chi connectivity index (χ0n) is 11.9. The van der Waals surface area contributed by atoms with Gasteiger partial charge in [-0.15, -0.1) is 0 Å². The van der Waals surface area contributed by atoms with Gasteiger partial charge >= 0.3 is 0 Å². The molecule has 0 fully saturated rings. The third-order valence-corrected chi connectivity index (χ3v) is 5.42. The first-order chi connectivity index (χ1) is 9.80. The van der Waals surface area contributed by atoms with E-state index in [0.29, 0.717) is 5.69 Å². The summed E-state index contributed by atoms with van der Waals surface area (Å²) in [5, 5.41) is 0.167. The maximum atomic E-state index is 12.6. The molecule has 0 amide bonds. The van der Waals surface area contributed by atoms with Crippen molar-refractivity contribution in [3.63, 3.8) is 0 Å². The number of benzene rings is 2. The third kappa shape index (κ3) is 3.56. The topological polar surface area (TPSA) is 63.4 Å². The summed E-state index contributed by atoms with van der Waals surface area (Å²) < 4.78 is 26.4. The van der Waals surface area contributed by atoms with Crippen LogP contribution in [0.3, 0.4) is 0 Å².